The minimum Gasteiger partial charge on any atom is -0.494 e. The van der Waals surface area contributed by atoms with Crippen LogP contribution in [0.15, 0.2) is 40.4 Å². The lowest BCUT2D eigenvalue weighted by Gasteiger charge is -2.23. The minimum absolute atomic E-state index is 0.136. The fourth-order valence-electron chi connectivity index (χ4n) is 2.73. The number of carbonyl (C=O) groups excluding carboxylic acids is 1. The third-order valence-electron chi connectivity index (χ3n) is 3.99. The van der Waals surface area contributed by atoms with Crippen LogP contribution >= 0.6 is 23.1 Å². The number of hydrogen-bond donors (Lipinski definition) is 1. The molecule has 1 unspecified atom stereocenters. The van der Waals surface area contributed by atoms with Gasteiger partial charge in [-0.2, -0.15) is 0 Å². The van der Waals surface area contributed by atoms with Crippen molar-refractivity contribution < 1.29 is 9.53 Å². The van der Waals surface area contributed by atoms with Crippen molar-refractivity contribution in [2.45, 2.75) is 18.6 Å². The number of thiazole rings is 1. The Bertz CT molecular complexity index is 1030. The zero-order valence-corrected chi connectivity index (χ0v) is 15.6. The molecule has 1 aliphatic rings. The molecule has 0 fully saturated rings. The van der Waals surface area contributed by atoms with Gasteiger partial charge in [0.05, 0.1) is 22.7 Å². The van der Waals surface area contributed by atoms with Crippen molar-refractivity contribution in [1.82, 2.24) is 14.5 Å². The summed E-state index contributed by atoms with van der Waals surface area (Å²) in [6.45, 7) is 2.87. The van der Waals surface area contributed by atoms with Gasteiger partial charge in [0.1, 0.15) is 5.75 Å². The third-order valence-corrected chi connectivity index (χ3v) is 6.07. The lowest BCUT2D eigenvalue weighted by Crippen LogP contribution is -2.36. The van der Waals surface area contributed by atoms with Crippen LogP contribution < -0.4 is 15.6 Å². The number of fused-ring (bicyclic) bond motifs is 2. The highest BCUT2D eigenvalue weighted by Gasteiger charge is 2.27. The average Bonchev–Trinajstić information content (AvgIpc) is 3.03. The van der Waals surface area contributed by atoms with Crippen molar-refractivity contribution in [2.24, 2.45) is 5.92 Å². The normalized spacial score (nSPS) is 16.3. The lowest BCUT2D eigenvalue weighted by atomic mass is 10.1. The molecule has 3 aromatic rings. The standard InChI is InChI=1S/C17H16N4O3S2/c1-2-24-11-3-4-12-13(7-11)26-16(19-12)20-15(23)10-8-21-14(22)5-6-18-17(21)25-9-10/h3-7,10H,2,8-9H2,1H3,(H,19,20,23). The summed E-state index contributed by atoms with van der Waals surface area (Å²) in [6.07, 6.45) is 1.50. The molecule has 26 heavy (non-hydrogen) atoms. The van der Waals surface area contributed by atoms with E-state index >= 15 is 0 Å². The van der Waals surface area contributed by atoms with E-state index in [9.17, 15) is 9.59 Å². The summed E-state index contributed by atoms with van der Waals surface area (Å²) in [5, 5.41) is 4.09. The zero-order chi connectivity index (χ0) is 18.1. The molecule has 2 aromatic heterocycles. The minimum atomic E-state index is -0.305. The van der Waals surface area contributed by atoms with E-state index in [1.807, 2.05) is 25.1 Å². The predicted molar refractivity (Wildman–Crippen MR) is 102 cm³/mol. The molecule has 0 radical (unpaired) electrons. The number of anilines is 1. The summed E-state index contributed by atoms with van der Waals surface area (Å²) >= 11 is 2.83. The fourth-order valence-corrected chi connectivity index (χ4v) is 4.69. The Morgan fingerprint density at radius 1 is 1.42 bits per heavy atom. The summed E-state index contributed by atoms with van der Waals surface area (Å²) in [7, 11) is 0. The first-order chi connectivity index (χ1) is 12.6. The van der Waals surface area contributed by atoms with Gasteiger partial charge >= 0.3 is 0 Å². The topological polar surface area (TPSA) is 86.1 Å². The number of amides is 1. The molecular formula is C17H16N4O3S2. The summed E-state index contributed by atoms with van der Waals surface area (Å²) in [6, 6.07) is 7.08. The molecule has 0 saturated carbocycles. The van der Waals surface area contributed by atoms with Crippen LogP contribution in [0.2, 0.25) is 0 Å². The summed E-state index contributed by atoms with van der Waals surface area (Å²) in [5.74, 6) is 0.930. The maximum absolute atomic E-state index is 12.6. The van der Waals surface area contributed by atoms with E-state index in [1.54, 1.807) is 4.57 Å². The number of rotatable bonds is 4. The molecule has 0 aliphatic carbocycles. The van der Waals surface area contributed by atoms with Crippen molar-refractivity contribution in [3.8, 4) is 5.75 Å². The number of hydrogen-bond acceptors (Lipinski definition) is 7. The molecule has 1 aromatic carbocycles. The van der Waals surface area contributed by atoms with Gasteiger partial charge in [-0.05, 0) is 25.1 Å². The van der Waals surface area contributed by atoms with Crippen molar-refractivity contribution in [2.75, 3.05) is 17.7 Å². The van der Waals surface area contributed by atoms with Crippen LogP contribution in [-0.2, 0) is 11.3 Å². The number of benzene rings is 1. The molecule has 134 valence electrons. The number of nitrogens with zero attached hydrogens (tertiary/aromatic N) is 3. The number of carbonyl (C=O) groups is 1. The van der Waals surface area contributed by atoms with Gasteiger partial charge in [-0.15, -0.1) is 0 Å². The Hall–Kier alpha value is -2.39. The molecule has 1 N–H and O–H groups in total. The summed E-state index contributed by atoms with van der Waals surface area (Å²) < 4.78 is 7.99. The molecule has 0 spiro atoms. The Kier molecular flexibility index (Phi) is 4.64. The highest BCUT2D eigenvalue weighted by Crippen LogP contribution is 2.30. The first kappa shape index (κ1) is 17.0. The van der Waals surface area contributed by atoms with Crippen molar-refractivity contribution in [1.29, 1.82) is 0 Å². The van der Waals surface area contributed by atoms with E-state index in [4.69, 9.17) is 4.74 Å². The fraction of sp³-hybridized carbons (Fsp3) is 0.294. The number of aromatic nitrogens is 3. The summed E-state index contributed by atoms with van der Waals surface area (Å²) in [4.78, 5) is 33.2. The Labute approximate surface area is 157 Å². The molecule has 7 nitrogen and oxygen atoms in total. The third kappa shape index (κ3) is 3.32. The van der Waals surface area contributed by atoms with Gasteiger partial charge in [0.2, 0.25) is 5.91 Å². The van der Waals surface area contributed by atoms with Crippen LogP contribution in [0.5, 0.6) is 5.75 Å². The second kappa shape index (κ2) is 7.08. The predicted octanol–water partition coefficient (Wildman–Crippen LogP) is 2.61. The van der Waals surface area contributed by atoms with Gasteiger partial charge in [-0.3, -0.25) is 14.2 Å². The average molecular weight is 388 g/mol. The van der Waals surface area contributed by atoms with E-state index in [1.165, 1.54) is 35.4 Å². The van der Waals surface area contributed by atoms with Crippen LogP contribution in [0, 0.1) is 5.92 Å². The first-order valence-corrected chi connectivity index (χ1v) is 9.97. The molecule has 3 heterocycles. The van der Waals surface area contributed by atoms with Crippen LogP contribution in [-0.4, -0.2) is 32.8 Å². The largest absolute Gasteiger partial charge is 0.494 e. The smallest absolute Gasteiger partial charge is 0.254 e. The number of ether oxygens (including phenoxy) is 1. The second-order valence-corrected chi connectivity index (χ2v) is 7.77. The molecule has 1 atom stereocenters. The highest BCUT2D eigenvalue weighted by atomic mass is 32.2. The van der Waals surface area contributed by atoms with Gasteiger partial charge in [0.15, 0.2) is 10.3 Å². The van der Waals surface area contributed by atoms with Crippen LogP contribution in [0.3, 0.4) is 0 Å². The monoisotopic (exact) mass is 388 g/mol. The molecule has 4 rings (SSSR count). The van der Waals surface area contributed by atoms with Crippen molar-refractivity contribution >= 4 is 44.4 Å². The van der Waals surface area contributed by atoms with E-state index in [2.05, 4.69) is 15.3 Å². The summed E-state index contributed by atoms with van der Waals surface area (Å²) in [5.41, 5.74) is 0.681. The Balaban J connectivity index is 1.51. The molecule has 0 saturated heterocycles. The molecule has 1 aliphatic heterocycles. The van der Waals surface area contributed by atoms with Crippen LogP contribution in [0.25, 0.3) is 10.2 Å². The Morgan fingerprint density at radius 2 is 2.31 bits per heavy atom. The van der Waals surface area contributed by atoms with E-state index in [0.717, 1.165) is 16.0 Å². The maximum atomic E-state index is 12.6. The zero-order valence-electron chi connectivity index (χ0n) is 14.0. The number of thioether (sulfide) groups is 1. The number of nitrogens with one attached hydrogen (secondary N) is 1. The SMILES string of the molecule is CCOc1ccc2nc(NC(=O)C3CSc4nccc(=O)n4C3)sc2c1. The van der Waals surface area contributed by atoms with E-state index < -0.39 is 0 Å². The van der Waals surface area contributed by atoms with Gasteiger partial charge in [0, 0.05) is 24.6 Å². The van der Waals surface area contributed by atoms with Crippen molar-refractivity contribution in [3.05, 3.63) is 40.8 Å². The van der Waals surface area contributed by atoms with Gasteiger partial charge in [-0.1, -0.05) is 23.1 Å². The quantitative estimate of drug-likeness (QED) is 0.692. The molecular weight excluding hydrogens is 372 g/mol. The van der Waals surface area contributed by atoms with Gasteiger partial charge < -0.3 is 10.1 Å². The highest BCUT2D eigenvalue weighted by molar-refractivity contribution is 7.99. The lowest BCUT2D eigenvalue weighted by molar-refractivity contribution is -0.119. The molecule has 0 bridgehead atoms. The van der Waals surface area contributed by atoms with Crippen molar-refractivity contribution in [3.63, 3.8) is 0 Å². The van der Waals surface area contributed by atoms with Gasteiger partial charge in [0.25, 0.3) is 5.56 Å². The molecule has 1 amide bonds. The van der Waals surface area contributed by atoms with Crippen LogP contribution in [0.4, 0.5) is 5.13 Å². The molecule has 9 heteroatoms. The van der Waals surface area contributed by atoms with E-state index in [-0.39, 0.29) is 17.4 Å². The van der Waals surface area contributed by atoms with Gasteiger partial charge in [-0.25, -0.2) is 9.97 Å². The van der Waals surface area contributed by atoms with Crippen LogP contribution in [0.1, 0.15) is 6.92 Å². The first-order valence-electron chi connectivity index (χ1n) is 8.17. The Morgan fingerprint density at radius 3 is 3.15 bits per heavy atom. The second-order valence-electron chi connectivity index (χ2n) is 5.75. The van der Waals surface area contributed by atoms with E-state index in [0.29, 0.717) is 29.2 Å². The maximum Gasteiger partial charge on any atom is 0.254 e.